The standard InChI is InChI=1S/C15H22ClFN2O3/c1-10(19(3)7-15(2,8-20)9-21)14(22)18-13-6-11(16)4-5-12(13)17/h4-6,10,20-21H,7-9H2,1-3H3,(H,18,22). The molecule has 1 unspecified atom stereocenters. The second-order valence-electron chi connectivity index (χ2n) is 5.83. The molecule has 3 N–H and O–H groups in total. The van der Waals surface area contributed by atoms with E-state index in [1.165, 1.54) is 18.2 Å². The van der Waals surface area contributed by atoms with Crippen LogP contribution >= 0.6 is 11.6 Å². The Morgan fingerprint density at radius 1 is 1.45 bits per heavy atom. The van der Waals surface area contributed by atoms with Crippen molar-refractivity contribution in [1.82, 2.24) is 4.90 Å². The van der Waals surface area contributed by atoms with Crippen molar-refractivity contribution in [1.29, 1.82) is 0 Å². The lowest BCUT2D eigenvalue weighted by atomic mass is 9.92. The van der Waals surface area contributed by atoms with Crippen LogP contribution in [0.25, 0.3) is 0 Å². The number of nitrogens with zero attached hydrogens (tertiary/aromatic N) is 1. The van der Waals surface area contributed by atoms with Gasteiger partial charge in [-0.05, 0) is 32.2 Å². The number of hydrogen-bond donors (Lipinski definition) is 3. The van der Waals surface area contributed by atoms with Crippen molar-refractivity contribution in [3.63, 3.8) is 0 Å². The van der Waals surface area contributed by atoms with E-state index in [0.717, 1.165) is 0 Å². The molecule has 0 aliphatic carbocycles. The molecule has 5 nitrogen and oxygen atoms in total. The number of benzene rings is 1. The number of halogens is 2. The largest absolute Gasteiger partial charge is 0.396 e. The number of nitrogens with one attached hydrogen (secondary N) is 1. The highest BCUT2D eigenvalue weighted by Gasteiger charge is 2.28. The summed E-state index contributed by atoms with van der Waals surface area (Å²) in [6, 6.07) is 3.35. The van der Waals surface area contributed by atoms with E-state index in [1.807, 2.05) is 0 Å². The molecule has 0 aliphatic rings. The normalized spacial score (nSPS) is 13.3. The van der Waals surface area contributed by atoms with E-state index < -0.39 is 23.2 Å². The van der Waals surface area contributed by atoms with E-state index in [0.29, 0.717) is 11.6 Å². The van der Waals surface area contributed by atoms with E-state index >= 15 is 0 Å². The van der Waals surface area contributed by atoms with Gasteiger partial charge in [-0.3, -0.25) is 9.69 Å². The van der Waals surface area contributed by atoms with Crippen molar-refractivity contribution in [2.45, 2.75) is 19.9 Å². The Balaban J connectivity index is 2.74. The van der Waals surface area contributed by atoms with Crippen LogP contribution in [0.1, 0.15) is 13.8 Å². The zero-order chi connectivity index (χ0) is 16.9. The van der Waals surface area contributed by atoms with Gasteiger partial charge < -0.3 is 15.5 Å². The molecule has 22 heavy (non-hydrogen) atoms. The summed E-state index contributed by atoms with van der Waals surface area (Å²) in [5.74, 6) is -0.968. The minimum Gasteiger partial charge on any atom is -0.396 e. The molecule has 1 amide bonds. The molecule has 0 saturated heterocycles. The van der Waals surface area contributed by atoms with Gasteiger partial charge >= 0.3 is 0 Å². The molecule has 1 aromatic carbocycles. The van der Waals surface area contributed by atoms with E-state index in [2.05, 4.69) is 5.32 Å². The van der Waals surface area contributed by atoms with Gasteiger partial charge in [-0.2, -0.15) is 0 Å². The van der Waals surface area contributed by atoms with E-state index in [-0.39, 0.29) is 18.9 Å². The van der Waals surface area contributed by atoms with Gasteiger partial charge in [0.25, 0.3) is 0 Å². The van der Waals surface area contributed by atoms with Crippen molar-refractivity contribution in [3.05, 3.63) is 29.0 Å². The number of carbonyl (C=O) groups is 1. The van der Waals surface area contributed by atoms with Gasteiger partial charge in [0.1, 0.15) is 5.82 Å². The molecule has 0 radical (unpaired) electrons. The summed E-state index contributed by atoms with van der Waals surface area (Å²) in [6.07, 6.45) is 0. The highest BCUT2D eigenvalue weighted by molar-refractivity contribution is 6.30. The van der Waals surface area contributed by atoms with Gasteiger partial charge in [-0.25, -0.2) is 4.39 Å². The minimum atomic E-state index is -0.718. The molecule has 1 atom stereocenters. The number of likely N-dealkylation sites (N-methyl/N-ethyl adjacent to an activating group) is 1. The van der Waals surface area contributed by atoms with Crippen LogP contribution in [0.2, 0.25) is 5.02 Å². The van der Waals surface area contributed by atoms with E-state index in [1.54, 1.807) is 25.8 Å². The molecule has 0 spiro atoms. The highest BCUT2D eigenvalue weighted by Crippen LogP contribution is 2.21. The SMILES string of the molecule is CC(C(=O)Nc1cc(Cl)ccc1F)N(C)CC(C)(CO)CO. The Bertz CT molecular complexity index is 524. The van der Waals surface area contributed by atoms with Crippen LogP contribution in [0, 0.1) is 11.2 Å². The molecule has 0 fully saturated rings. The Labute approximate surface area is 134 Å². The Kier molecular flexibility index (Phi) is 6.74. The van der Waals surface area contributed by atoms with Crippen molar-refractivity contribution in [2.75, 3.05) is 32.1 Å². The molecular formula is C15H22ClFN2O3. The maximum atomic E-state index is 13.6. The average molecular weight is 333 g/mol. The quantitative estimate of drug-likeness (QED) is 0.711. The van der Waals surface area contributed by atoms with Crippen LogP contribution in [-0.2, 0) is 4.79 Å². The van der Waals surface area contributed by atoms with Crippen molar-refractivity contribution < 1.29 is 19.4 Å². The summed E-state index contributed by atoms with van der Waals surface area (Å²) in [7, 11) is 1.70. The lowest BCUT2D eigenvalue weighted by Gasteiger charge is -2.33. The lowest BCUT2D eigenvalue weighted by Crippen LogP contribution is -2.47. The molecule has 0 heterocycles. The fourth-order valence-corrected chi connectivity index (χ4v) is 2.09. The van der Waals surface area contributed by atoms with Crippen molar-refractivity contribution >= 4 is 23.2 Å². The van der Waals surface area contributed by atoms with Gasteiger partial charge in [0.15, 0.2) is 0 Å². The number of hydrogen-bond acceptors (Lipinski definition) is 4. The van der Waals surface area contributed by atoms with Crippen LogP contribution in [0.3, 0.4) is 0 Å². The maximum Gasteiger partial charge on any atom is 0.241 e. The van der Waals surface area contributed by atoms with Crippen LogP contribution in [-0.4, -0.2) is 53.9 Å². The first-order valence-corrected chi connectivity index (χ1v) is 7.28. The van der Waals surface area contributed by atoms with Gasteiger partial charge in [-0.15, -0.1) is 0 Å². The summed E-state index contributed by atoms with van der Waals surface area (Å²) in [5, 5.41) is 21.4. The summed E-state index contributed by atoms with van der Waals surface area (Å²) < 4.78 is 13.6. The lowest BCUT2D eigenvalue weighted by molar-refractivity contribution is -0.121. The van der Waals surface area contributed by atoms with Gasteiger partial charge in [0.2, 0.25) is 5.91 Å². The molecule has 0 aliphatic heterocycles. The molecule has 0 saturated carbocycles. The van der Waals surface area contributed by atoms with Crippen LogP contribution in [0.4, 0.5) is 10.1 Å². The number of amides is 1. The first-order valence-electron chi connectivity index (χ1n) is 6.90. The number of aliphatic hydroxyl groups excluding tert-OH is 2. The number of rotatable bonds is 7. The topological polar surface area (TPSA) is 72.8 Å². The average Bonchev–Trinajstić information content (AvgIpc) is 2.49. The Morgan fingerprint density at radius 2 is 2.05 bits per heavy atom. The third-order valence-corrected chi connectivity index (χ3v) is 3.86. The molecule has 1 rings (SSSR count). The van der Waals surface area contributed by atoms with Gasteiger partial charge in [0, 0.05) is 17.0 Å². The minimum absolute atomic E-state index is 0.0184. The fraction of sp³-hybridized carbons (Fsp3) is 0.533. The predicted molar refractivity (Wildman–Crippen MR) is 84.4 cm³/mol. The molecule has 1 aromatic rings. The highest BCUT2D eigenvalue weighted by atomic mass is 35.5. The second-order valence-corrected chi connectivity index (χ2v) is 6.27. The van der Waals surface area contributed by atoms with Crippen LogP contribution < -0.4 is 5.32 Å². The third-order valence-electron chi connectivity index (χ3n) is 3.62. The molecule has 0 aromatic heterocycles. The van der Waals surface area contributed by atoms with Gasteiger partial charge in [0.05, 0.1) is 24.9 Å². The smallest absolute Gasteiger partial charge is 0.241 e. The monoisotopic (exact) mass is 332 g/mol. The molecule has 124 valence electrons. The molecule has 0 bridgehead atoms. The zero-order valence-electron chi connectivity index (χ0n) is 12.9. The summed E-state index contributed by atoms with van der Waals surface area (Å²) in [5.41, 5.74) is -0.699. The summed E-state index contributed by atoms with van der Waals surface area (Å²) >= 11 is 5.78. The second kappa shape index (κ2) is 7.87. The Morgan fingerprint density at radius 3 is 2.59 bits per heavy atom. The van der Waals surface area contributed by atoms with Gasteiger partial charge in [-0.1, -0.05) is 18.5 Å². The first-order chi connectivity index (χ1) is 10.2. The third kappa shape index (κ3) is 4.91. The molecule has 7 heteroatoms. The van der Waals surface area contributed by atoms with Crippen molar-refractivity contribution in [3.8, 4) is 0 Å². The summed E-state index contributed by atoms with van der Waals surface area (Å²) in [4.78, 5) is 13.9. The predicted octanol–water partition coefficient (Wildman–Crippen LogP) is 1.73. The van der Waals surface area contributed by atoms with E-state index in [4.69, 9.17) is 11.6 Å². The van der Waals surface area contributed by atoms with E-state index in [9.17, 15) is 19.4 Å². The number of aliphatic hydroxyl groups is 2. The zero-order valence-corrected chi connectivity index (χ0v) is 13.7. The first kappa shape index (κ1) is 18.8. The van der Waals surface area contributed by atoms with Crippen molar-refractivity contribution in [2.24, 2.45) is 5.41 Å². The number of carbonyl (C=O) groups excluding carboxylic acids is 1. The fourth-order valence-electron chi connectivity index (χ4n) is 1.92. The Hall–Kier alpha value is -1.21. The van der Waals surface area contributed by atoms with Crippen LogP contribution in [0.15, 0.2) is 18.2 Å². The summed E-state index contributed by atoms with van der Waals surface area (Å²) in [6.45, 7) is 3.28. The molecular weight excluding hydrogens is 311 g/mol. The number of anilines is 1. The van der Waals surface area contributed by atoms with Crippen LogP contribution in [0.5, 0.6) is 0 Å². The maximum absolute atomic E-state index is 13.6.